The largest absolute Gasteiger partial charge is 0.369 e. The zero-order valence-corrected chi connectivity index (χ0v) is 14.9. The fourth-order valence-corrected chi connectivity index (χ4v) is 4.57. The summed E-state index contributed by atoms with van der Waals surface area (Å²) in [4.78, 5) is 4.48. The molecule has 0 saturated heterocycles. The molecule has 0 radical (unpaired) electrons. The molecule has 1 aliphatic carbocycles. The van der Waals surface area contributed by atoms with Crippen molar-refractivity contribution in [3.05, 3.63) is 16.7 Å². The maximum Gasteiger partial charge on any atom is 0.247 e. The molecular formula is C14H22BrN3O2S. The van der Waals surface area contributed by atoms with E-state index in [4.69, 9.17) is 0 Å². The molecule has 0 spiro atoms. The molecule has 118 valence electrons. The van der Waals surface area contributed by atoms with E-state index in [9.17, 15) is 8.42 Å². The molecule has 1 aliphatic rings. The number of rotatable bonds is 8. The van der Waals surface area contributed by atoms with Crippen LogP contribution in [0.5, 0.6) is 0 Å². The van der Waals surface area contributed by atoms with Gasteiger partial charge in [-0.2, -0.15) is 4.31 Å². The summed E-state index contributed by atoms with van der Waals surface area (Å²) in [6, 6.07) is 1.80. The summed E-state index contributed by atoms with van der Waals surface area (Å²) >= 11 is 3.32. The van der Waals surface area contributed by atoms with Crippen LogP contribution in [0.4, 0.5) is 5.82 Å². The fraction of sp³-hybridized carbons (Fsp3) is 0.643. The van der Waals surface area contributed by atoms with Gasteiger partial charge in [-0.15, -0.1) is 0 Å². The average Bonchev–Trinajstić information content (AvgIpc) is 3.26. The van der Waals surface area contributed by atoms with Gasteiger partial charge in [0.15, 0.2) is 0 Å². The fourth-order valence-electron chi connectivity index (χ4n) is 2.22. The number of halogens is 1. The highest BCUT2D eigenvalue weighted by Gasteiger charge is 2.38. The van der Waals surface area contributed by atoms with Gasteiger partial charge in [-0.1, -0.05) is 13.3 Å². The number of nitrogens with zero attached hydrogens (tertiary/aromatic N) is 2. The van der Waals surface area contributed by atoms with Crippen molar-refractivity contribution in [3.63, 3.8) is 0 Å². The molecule has 0 aromatic carbocycles. The van der Waals surface area contributed by atoms with E-state index in [1.54, 1.807) is 16.6 Å². The normalized spacial score (nSPS) is 15.4. The standard InChI is InChI=1S/C14H22BrN3O2S/c1-3-5-8-18(12-6-7-12)21(19,20)13-9-11(15)10-17-14(13)16-4-2/h9-10,12H,3-8H2,1-2H3,(H,16,17). The van der Waals surface area contributed by atoms with E-state index in [-0.39, 0.29) is 10.9 Å². The molecule has 0 unspecified atom stereocenters. The molecular weight excluding hydrogens is 354 g/mol. The van der Waals surface area contributed by atoms with E-state index in [1.807, 2.05) is 6.92 Å². The molecule has 0 aliphatic heterocycles. The molecule has 1 fully saturated rings. The van der Waals surface area contributed by atoms with Gasteiger partial charge in [-0.3, -0.25) is 0 Å². The van der Waals surface area contributed by atoms with Crippen molar-refractivity contribution < 1.29 is 8.42 Å². The van der Waals surface area contributed by atoms with Crippen molar-refractivity contribution in [2.45, 2.75) is 50.5 Å². The number of hydrogen-bond acceptors (Lipinski definition) is 4. The van der Waals surface area contributed by atoms with Gasteiger partial charge in [-0.05, 0) is 48.2 Å². The van der Waals surface area contributed by atoms with Crippen molar-refractivity contribution in [1.29, 1.82) is 0 Å². The molecule has 1 aromatic rings. The molecule has 0 atom stereocenters. The van der Waals surface area contributed by atoms with Crippen molar-refractivity contribution >= 4 is 31.8 Å². The highest BCUT2D eigenvalue weighted by atomic mass is 79.9. The summed E-state index contributed by atoms with van der Waals surface area (Å²) in [5.41, 5.74) is 0. The van der Waals surface area contributed by atoms with Crippen LogP contribution in [-0.4, -0.2) is 36.8 Å². The SMILES string of the molecule is CCCCN(C1CC1)S(=O)(=O)c1cc(Br)cnc1NCC. The molecule has 1 heterocycles. The summed E-state index contributed by atoms with van der Waals surface area (Å²) in [5.74, 6) is 0.433. The second-order valence-electron chi connectivity index (χ2n) is 5.23. The number of hydrogen-bond donors (Lipinski definition) is 1. The maximum absolute atomic E-state index is 13.0. The summed E-state index contributed by atoms with van der Waals surface area (Å²) in [7, 11) is -3.51. The van der Waals surface area contributed by atoms with E-state index in [0.29, 0.717) is 23.4 Å². The van der Waals surface area contributed by atoms with Crippen molar-refractivity contribution in [1.82, 2.24) is 9.29 Å². The van der Waals surface area contributed by atoms with Gasteiger partial charge in [0, 0.05) is 29.8 Å². The topological polar surface area (TPSA) is 62.3 Å². The smallest absolute Gasteiger partial charge is 0.247 e. The Balaban J connectivity index is 2.38. The predicted molar refractivity (Wildman–Crippen MR) is 87.9 cm³/mol. The molecule has 0 bridgehead atoms. The summed E-state index contributed by atoms with van der Waals surface area (Å²) in [6.07, 6.45) is 5.40. The summed E-state index contributed by atoms with van der Waals surface area (Å²) in [6.45, 7) is 5.22. The molecule has 1 saturated carbocycles. The number of pyridine rings is 1. The van der Waals surface area contributed by atoms with Crippen LogP contribution in [0.15, 0.2) is 21.6 Å². The first-order valence-electron chi connectivity index (χ1n) is 7.42. The third kappa shape index (κ3) is 3.96. The highest BCUT2D eigenvalue weighted by Crippen LogP contribution is 2.34. The molecule has 5 nitrogen and oxygen atoms in total. The number of aromatic nitrogens is 1. The van der Waals surface area contributed by atoms with Gasteiger partial charge in [-0.25, -0.2) is 13.4 Å². The Bertz CT molecular complexity index is 588. The van der Waals surface area contributed by atoms with Crippen molar-refractivity contribution in [2.24, 2.45) is 0 Å². The van der Waals surface area contributed by atoms with Crippen LogP contribution < -0.4 is 5.32 Å². The van der Waals surface area contributed by atoms with Crippen molar-refractivity contribution in [2.75, 3.05) is 18.4 Å². The van der Waals surface area contributed by atoms with Gasteiger partial charge in [0.25, 0.3) is 0 Å². The Morgan fingerprint density at radius 3 is 2.71 bits per heavy atom. The quantitative estimate of drug-likeness (QED) is 0.757. The Hall–Kier alpha value is -0.660. The Kier molecular flexibility index (Phi) is 5.62. The van der Waals surface area contributed by atoms with Gasteiger partial charge >= 0.3 is 0 Å². The number of anilines is 1. The van der Waals surface area contributed by atoms with Crippen molar-refractivity contribution in [3.8, 4) is 0 Å². The minimum atomic E-state index is -3.51. The monoisotopic (exact) mass is 375 g/mol. The molecule has 21 heavy (non-hydrogen) atoms. The van der Waals surface area contributed by atoms with Crippen LogP contribution in [0.25, 0.3) is 0 Å². The Morgan fingerprint density at radius 1 is 1.43 bits per heavy atom. The summed E-state index contributed by atoms with van der Waals surface area (Å²) in [5, 5.41) is 3.04. The zero-order chi connectivity index (χ0) is 15.5. The zero-order valence-electron chi connectivity index (χ0n) is 12.5. The molecule has 1 N–H and O–H groups in total. The van der Waals surface area contributed by atoms with Crippen LogP contribution in [-0.2, 0) is 10.0 Å². The number of sulfonamides is 1. The highest BCUT2D eigenvalue weighted by molar-refractivity contribution is 9.10. The predicted octanol–water partition coefficient (Wildman–Crippen LogP) is 3.23. The molecule has 7 heteroatoms. The lowest BCUT2D eigenvalue weighted by atomic mass is 10.3. The minimum Gasteiger partial charge on any atom is -0.369 e. The van der Waals surface area contributed by atoms with E-state index >= 15 is 0 Å². The van der Waals surface area contributed by atoms with Crippen LogP contribution in [0, 0.1) is 0 Å². The van der Waals surface area contributed by atoms with Gasteiger partial charge < -0.3 is 5.32 Å². The van der Waals surface area contributed by atoms with Crippen LogP contribution in [0.3, 0.4) is 0 Å². The van der Waals surface area contributed by atoms with E-state index in [2.05, 4.69) is 33.2 Å². The van der Waals surface area contributed by atoms with Gasteiger partial charge in [0.2, 0.25) is 10.0 Å². The minimum absolute atomic E-state index is 0.162. The molecule has 0 amide bonds. The number of nitrogens with one attached hydrogen (secondary N) is 1. The Labute approximate surface area is 135 Å². The first kappa shape index (κ1) is 16.7. The lowest BCUT2D eigenvalue weighted by molar-refractivity contribution is 0.396. The molecule has 1 aromatic heterocycles. The lowest BCUT2D eigenvalue weighted by Gasteiger charge is -2.23. The lowest BCUT2D eigenvalue weighted by Crippen LogP contribution is -2.34. The second-order valence-corrected chi connectivity index (χ2v) is 8.01. The number of unbranched alkanes of at least 4 members (excludes halogenated alkanes) is 1. The Morgan fingerprint density at radius 2 is 2.14 bits per heavy atom. The average molecular weight is 376 g/mol. The molecule has 2 rings (SSSR count). The first-order chi connectivity index (χ1) is 10.0. The van der Waals surface area contributed by atoms with Crippen LogP contribution >= 0.6 is 15.9 Å². The summed E-state index contributed by atoms with van der Waals surface area (Å²) < 4.78 is 28.3. The van der Waals surface area contributed by atoms with Crippen LogP contribution in [0.2, 0.25) is 0 Å². The van der Waals surface area contributed by atoms with Crippen LogP contribution in [0.1, 0.15) is 39.5 Å². The third-order valence-electron chi connectivity index (χ3n) is 3.44. The second kappa shape index (κ2) is 7.07. The van der Waals surface area contributed by atoms with Gasteiger partial charge in [0.05, 0.1) is 0 Å². The first-order valence-corrected chi connectivity index (χ1v) is 9.65. The van der Waals surface area contributed by atoms with E-state index < -0.39 is 10.0 Å². The van der Waals surface area contributed by atoms with Gasteiger partial charge in [0.1, 0.15) is 10.7 Å². The van der Waals surface area contributed by atoms with E-state index in [0.717, 1.165) is 25.7 Å². The maximum atomic E-state index is 13.0. The third-order valence-corrected chi connectivity index (χ3v) is 5.84. The van der Waals surface area contributed by atoms with E-state index in [1.165, 1.54) is 0 Å².